The van der Waals surface area contributed by atoms with Gasteiger partial charge < -0.3 is 4.90 Å². The number of fused-ring (bicyclic) bond motifs is 1. The zero-order valence-corrected chi connectivity index (χ0v) is 7.06. The molecule has 0 radical (unpaired) electrons. The van der Waals surface area contributed by atoms with Gasteiger partial charge in [-0.05, 0) is 6.42 Å². The Morgan fingerprint density at radius 1 is 1.31 bits per heavy atom. The average molecular weight is 175 g/mol. The molecule has 1 aliphatic rings. The van der Waals surface area contributed by atoms with E-state index in [0.29, 0.717) is 0 Å². The van der Waals surface area contributed by atoms with E-state index in [1.807, 2.05) is 0 Å². The molecule has 3 heterocycles. The minimum atomic E-state index is 0.817. The molecule has 0 unspecified atom stereocenters. The van der Waals surface area contributed by atoms with E-state index < -0.39 is 0 Å². The van der Waals surface area contributed by atoms with Gasteiger partial charge in [0.25, 0.3) is 0 Å². The van der Waals surface area contributed by atoms with E-state index in [4.69, 9.17) is 0 Å². The Bertz CT molecular complexity index is 431. The minimum Gasteiger partial charge on any atom is -0.356 e. The lowest BCUT2D eigenvalue weighted by Crippen LogP contribution is -2.37. The number of anilines is 1. The van der Waals surface area contributed by atoms with Crippen LogP contribution in [0.25, 0.3) is 11.0 Å². The normalized spacial score (nSPS) is 16.2. The standard InChI is InChI=1S/C8H9N5/c1-2-13(3-1)8-6-4-11-12-7(6)9-5-10-8/h4-5H,1-3H2,(H,9,10,11,12). The Kier molecular flexibility index (Phi) is 1.27. The number of aromatic nitrogens is 4. The Hall–Kier alpha value is -1.65. The highest BCUT2D eigenvalue weighted by Crippen LogP contribution is 2.24. The zero-order valence-electron chi connectivity index (χ0n) is 7.06. The van der Waals surface area contributed by atoms with Gasteiger partial charge in [0.2, 0.25) is 0 Å². The lowest BCUT2D eigenvalue weighted by molar-refractivity contribution is 0.611. The number of aromatic amines is 1. The van der Waals surface area contributed by atoms with Crippen LogP contribution in [0.1, 0.15) is 6.42 Å². The summed E-state index contributed by atoms with van der Waals surface area (Å²) in [5.74, 6) is 1.00. The summed E-state index contributed by atoms with van der Waals surface area (Å²) in [6, 6.07) is 0. The van der Waals surface area contributed by atoms with Crippen LogP contribution in [0, 0.1) is 0 Å². The number of hydrogen-bond donors (Lipinski definition) is 1. The second-order valence-corrected chi connectivity index (χ2v) is 3.17. The molecule has 13 heavy (non-hydrogen) atoms. The number of nitrogens with zero attached hydrogens (tertiary/aromatic N) is 4. The highest BCUT2D eigenvalue weighted by Gasteiger charge is 2.18. The van der Waals surface area contributed by atoms with Crippen LogP contribution in [0.3, 0.4) is 0 Å². The quantitative estimate of drug-likeness (QED) is 0.688. The Labute approximate surface area is 74.8 Å². The Morgan fingerprint density at radius 3 is 3.00 bits per heavy atom. The van der Waals surface area contributed by atoms with Crippen LogP contribution in [0.4, 0.5) is 5.82 Å². The van der Waals surface area contributed by atoms with E-state index in [1.54, 1.807) is 12.5 Å². The molecule has 66 valence electrons. The van der Waals surface area contributed by atoms with Crippen molar-refractivity contribution in [1.82, 2.24) is 20.2 Å². The van der Waals surface area contributed by atoms with E-state index in [0.717, 1.165) is 29.9 Å². The highest BCUT2D eigenvalue weighted by atomic mass is 15.2. The lowest BCUT2D eigenvalue weighted by Gasteiger charge is -2.32. The molecule has 0 aliphatic carbocycles. The van der Waals surface area contributed by atoms with Gasteiger partial charge in [-0.1, -0.05) is 0 Å². The van der Waals surface area contributed by atoms with E-state index in [2.05, 4.69) is 25.1 Å². The van der Waals surface area contributed by atoms with Crippen molar-refractivity contribution in [3.63, 3.8) is 0 Å². The molecule has 5 heteroatoms. The fraction of sp³-hybridized carbons (Fsp3) is 0.375. The number of rotatable bonds is 1. The van der Waals surface area contributed by atoms with Crippen LogP contribution in [0.2, 0.25) is 0 Å². The summed E-state index contributed by atoms with van der Waals surface area (Å²) in [5.41, 5.74) is 0.817. The van der Waals surface area contributed by atoms with Crippen molar-refractivity contribution in [2.24, 2.45) is 0 Å². The summed E-state index contributed by atoms with van der Waals surface area (Å²) in [6.45, 7) is 2.19. The topological polar surface area (TPSA) is 57.7 Å². The predicted molar refractivity (Wildman–Crippen MR) is 48.5 cm³/mol. The molecule has 1 fully saturated rings. The molecule has 0 aromatic carbocycles. The van der Waals surface area contributed by atoms with Crippen molar-refractivity contribution in [2.75, 3.05) is 18.0 Å². The molecule has 0 bridgehead atoms. The smallest absolute Gasteiger partial charge is 0.160 e. The molecule has 0 atom stereocenters. The van der Waals surface area contributed by atoms with Gasteiger partial charge in [0.15, 0.2) is 5.65 Å². The fourth-order valence-corrected chi connectivity index (χ4v) is 1.53. The van der Waals surface area contributed by atoms with Gasteiger partial charge in [-0.15, -0.1) is 0 Å². The molecule has 5 nitrogen and oxygen atoms in total. The van der Waals surface area contributed by atoms with E-state index >= 15 is 0 Å². The van der Waals surface area contributed by atoms with Crippen molar-refractivity contribution in [2.45, 2.75) is 6.42 Å². The zero-order chi connectivity index (χ0) is 8.67. The van der Waals surface area contributed by atoms with Gasteiger partial charge in [0.05, 0.1) is 11.6 Å². The lowest BCUT2D eigenvalue weighted by atomic mass is 10.2. The average Bonchev–Trinajstić information content (AvgIpc) is 2.49. The third kappa shape index (κ3) is 0.898. The third-order valence-electron chi connectivity index (χ3n) is 2.38. The minimum absolute atomic E-state index is 0.817. The van der Waals surface area contributed by atoms with E-state index in [9.17, 15) is 0 Å². The van der Waals surface area contributed by atoms with Crippen molar-refractivity contribution in [3.8, 4) is 0 Å². The molecule has 0 saturated carbocycles. The summed E-state index contributed by atoms with van der Waals surface area (Å²) < 4.78 is 0. The summed E-state index contributed by atoms with van der Waals surface area (Å²) >= 11 is 0. The van der Waals surface area contributed by atoms with Gasteiger partial charge in [0.1, 0.15) is 12.1 Å². The first kappa shape index (κ1) is 6.82. The second kappa shape index (κ2) is 2.42. The molecule has 0 amide bonds. The molecule has 0 spiro atoms. The first-order chi connectivity index (χ1) is 6.45. The molecule has 1 N–H and O–H groups in total. The summed E-state index contributed by atoms with van der Waals surface area (Å²) in [6.07, 6.45) is 4.61. The number of nitrogens with one attached hydrogen (secondary N) is 1. The van der Waals surface area contributed by atoms with Crippen molar-refractivity contribution < 1.29 is 0 Å². The Balaban J connectivity index is 2.20. The first-order valence-corrected chi connectivity index (χ1v) is 4.34. The molecular formula is C8H9N5. The van der Waals surface area contributed by atoms with Crippen molar-refractivity contribution in [1.29, 1.82) is 0 Å². The Morgan fingerprint density at radius 2 is 2.23 bits per heavy atom. The monoisotopic (exact) mass is 175 g/mol. The van der Waals surface area contributed by atoms with Gasteiger partial charge in [-0.3, -0.25) is 5.10 Å². The first-order valence-electron chi connectivity index (χ1n) is 4.34. The van der Waals surface area contributed by atoms with Gasteiger partial charge in [-0.25, -0.2) is 9.97 Å². The van der Waals surface area contributed by atoms with Crippen LogP contribution in [-0.4, -0.2) is 33.3 Å². The second-order valence-electron chi connectivity index (χ2n) is 3.17. The number of H-pyrrole nitrogens is 1. The fourth-order valence-electron chi connectivity index (χ4n) is 1.53. The molecule has 3 rings (SSSR count). The molecule has 1 saturated heterocycles. The maximum Gasteiger partial charge on any atom is 0.160 e. The van der Waals surface area contributed by atoms with E-state index in [1.165, 1.54) is 6.42 Å². The molecule has 1 aliphatic heterocycles. The SMILES string of the molecule is c1nc(N2CCC2)c2cn[nH]c2n1. The van der Waals surface area contributed by atoms with Crippen LogP contribution in [-0.2, 0) is 0 Å². The summed E-state index contributed by atoms with van der Waals surface area (Å²) in [4.78, 5) is 10.6. The molecule has 2 aromatic heterocycles. The molecular weight excluding hydrogens is 166 g/mol. The largest absolute Gasteiger partial charge is 0.356 e. The maximum atomic E-state index is 4.26. The van der Waals surface area contributed by atoms with Gasteiger partial charge >= 0.3 is 0 Å². The maximum absolute atomic E-state index is 4.26. The van der Waals surface area contributed by atoms with Gasteiger partial charge in [-0.2, -0.15) is 5.10 Å². The molecule has 2 aromatic rings. The van der Waals surface area contributed by atoms with Crippen LogP contribution < -0.4 is 4.90 Å². The third-order valence-corrected chi connectivity index (χ3v) is 2.38. The highest BCUT2D eigenvalue weighted by molar-refractivity contribution is 5.86. The summed E-state index contributed by atoms with van der Waals surface area (Å²) in [7, 11) is 0. The van der Waals surface area contributed by atoms with E-state index in [-0.39, 0.29) is 0 Å². The van der Waals surface area contributed by atoms with Gasteiger partial charge in [0, 0.05) is 13.1 Å². The van der Waals surface area contributed by atoms with Crippen LogP contribution in [0.5, 0.6) is 0 Å². The van der Waals surface area contributed by atoms with Crippen molar-refractivity contribution in [3.05, 3.63) is 12.5 Å². The van der Waals surface area contributed by atoms with Crippen LogP contribution >= 0.6 is 0 Å². The predicted octanol–water partition coefficient (Wildman–Crippen LogP) is 0.563. The van der Waals surface area contributed by atoms with Crippen LogP contribution in [0.15, 0.2) is 12.5 Å². The number of hydrogen-bond acceptors (Lipinski definition) is 4. The van der Waals surface area contributed by atoms with Crippen molar-refractivity contribution >= 4 is 16.9 Å². The summed E-state index contributed by atoms with van der Waals surface area (Å²) in [5, 5.41) is 7.80.